The molecule has 0 saturated carbocycles. The number of aliphatic hydroxyl groups excluding tert-OH is 1. The van der Waals surface area contributed by atoms with E-state index in [4.69, 9.17) is 4.74 Å². The Bertz CT molecular complexity index is 299. The van der Waals surface area contributed by atoms with Gasteiger partial charge in [-0.15, -0.1) is 0 Å². The van der Waals surface area contributed by atoms with Crippen molar-refractivity contribution in [3.8, 4) is 5.75 Å². The highest BCUT2D eigenvalue weighted by Gasteiger charge is 2.06. The van der Waals surface area contributed by atoms with E-state index in [1.165, 1.54) is 6.07 Å². The van der Waals surface area contributed by atoms with Crippen LogP contribution in [-0.2, 0) is 0 Å². The standard InChI is InChI=1S/C11H15FO2/c1-3-9(13)7-14-11-6-8(2)4-5-10(11)12/h4-6,9,13H,3,7H2,1-2H3. The average molecular weight is 198 g/mol. The Hall–Kier alpha value is -1.09. The number of ether oxygens (including phenoxy) is 1. The molecule has 0 spiro atoms. The third-order valence-electron chi connectivity index (χ3n) is 1.99. The fourth-order valence-corrected chi connectivity index (χ4v) is 1.03. The van der Waals surface area contributed by atoms with Crippen LogP contribution in [-0.4, -0.2) is 17.8 Å². The Labute approximate surface area is 83.3 Å². The molecular formula is C11H15FO2. The highest BCUT2D eigenvalue weighted by Crippen LogP contribution is 2.18. The molecule has 0 fully saturated rings. The van der Waals surface area contributed by atoms with Gasteiger partial charge in [0, 0.05) is 0 Å². The molecule has 1 atom stereocenters. The zero-order valence-electron chi connectivity index (χ0n) is 8.46. The topological polar surface area (TPSA) is 29.5 Å². The zero-order valence-corrected chi connectivity index (χ0v) is 8.46. The maximum Gasteiger partial charge on any atom is 0.165 e. The molecule has 0 aliphatic rings. The quantitative estimate of drug-likeness (QED) is 0.804. The van der Waals surface area contributed by atoms with E-state index in [9.17, 15) is 9.50 Å². The summed E-state index contributed by atoms with van der Waals surface area (Å²) >= 11 is 0. The van der Waals surface area contributed by atoms with Crippen molar-refractivity contribution >= 4 is 0 Å². The van der Waals surface area contributed by atoms with Crippen LogP contribution in [0.4, 0.5) is 4.39 Å². The lowest BCUT2D eigenvalue weighted by Gasteiger charge is -2.11. The molecule has 1 aromatic rings. The smallest absolute Gasteiger partial charge is 0.165 e. The minimum atomic E-state index is -0.532. The van der Waals surface area contributed by atoms with Gasteiger partial charge in [0.25, 0.3) is 0 Å². The first-order valence-electron chi connectivity index (χ1n) is 4.70. The summed E-state index contributed by atoms with van der Waals surface area (Å²) in [5, 5.41) is 9.23. The molecule has 0 aromatic heterocycles. The first-order valence-corrected chi connectivity index (χ1v) is 4.70. The molecule has 1 unspecified atom stereocenters. The summed E-state index contributed by atoms with van der Waals surface area (Å²) in [6.45, 7) is 3.85. The van der Waals surface area contributed by atoms with Gasteiger partial charge in [-0.3, -0.25) is 0 Å². The largest absolute Gasteiger partial charge is 0.488 e. The number of rotatable bonds is 4. The summed E-state index contributed by atoms with van der Waals surface area (Å²) in [6.07, 6.45) is 0.0721. The molecule has 0 heterocycles. The van der Waals surface area contributed by atoms with Crippen LogP contribution < -0.4 is 4.74 Å². The maximum absolute atomic E-state index is 13.1. The maximum atomic E-state index is 13.1. The third kappa shape index (κ3) is 3.00. The predicted octanol–water partition coefficient (Wildman–Crippen LogP) is 2.28. The summed E-state index contributed by atoms with van der Waals surface area (Å²) in [6, 6.07) is 4.67. The lowest BCUT2D eigenvalue weighted by atomic mass is 10.2. The number of aryl methyl sites for hydroxylation is 1. The van der Waals surface area contributed by atoms with Gasteiger partial charge in [-0.1, -0.05) is 13.0 Å². The van der Waals surface area contributed by atoms with Gasteiger partial charge in [-0.05, 0) is 31.0 Å². The molecule has 0 radical (unpaired) electrons. The van der Waals surface area contributed by atoms with Gasteiger partial charge >= 0.3 is 0 Å². The average Bonchev–Trinajstić information content (AvgIpc) is 2.19. The first kappa shape index (κ1) is 11.0. The second-order valence-electron chi connectivity index (χ2n) is 3.31. The van der Waals surface area contributed by atoms with Crippen LogP contribution in [0.15, 0.2) is 18.2 Å². The number of hydrogen-bond donors (Lipinski definition) is 1. The Morgan fingerprint density at radius 1 is 1.50 bits per heavy atom. The van der Waals surface area contributed by atoms with E-state index in [2.05, 4.69) is 0 Å². The van der Waals surface area contributed by atoms with Crippen molar-refractivity contribution in [2.45, 2.75) is 26.4 Å². The molecule has 78 valence electrons. The number of halogens is 1. The summed E-state index contributed by atoms with van der Waals surface area (Å²) in [4.78, 5) is 0. The minimum Gasteiger partial charge on any atom is -0.488 e. The van der Waals surface area contributed by atoms with Crippen LogP contribution in [0.5, 0.6) is 5.75 Å². The summed E-state index contributed by atoms with van der Waals surface area (Å²) in [5.74, 6) is -0.184. The SMILES string of the molecule is CCC(O)COc1cc(C)ccc1F. The lowest BCUT2D eigenvalue weighted by molar-refractivity contribution is 0.102. The molecule has 0 aliphatic heterocycles. The third-order valence-corrected chi connectivity index (χ3v) is 1.99. The molecule has 0 saturated heterocycles. The van der Waals surface area contributed by atoms with Gasteiger partial charge in [0.1, 0.15) is 6.61 Å². The molecule has 2 nitrogen and oxygen atoms in total. The monoisotopic (exact) mass is 198 g/mol. The van der Waals surface area contributed by atoms with Crippen molar-refractivity contribution in [1.82, 2.24) is 0 Å². The van der Waals surface area contributed by atoms with E-state index in [-0.39, 0.29) is 18.2 Å². The van der Waals surface area contributed by atoms with Gasteiger partial charge < -0.3 is 9.84 Å². The first-order chi connectivity index (χ1) is 6.63. The van der Waals surface area contributed by atoms with E-state index in [1.54, 1.807) is 12.1 Å². The second-order valence-corrected chi connectivity index (χ2v) is 3.31. The highest BCUT2D eigenvalue weighted by atomic mass is 19.1. The second kappa shape index (κ2) is 4.96. The van der Waals surface area contributed by atoms with Crippen LogP contribution in [0.1, 0.15) is 18.9 Å². The summed E-state index contributed by atoms with van der Waals surface area (Å²) < 4.78 is 18.3. The number of hydrogen-bond acceptors (Lipinski definition) is 2. The van der Waals surface area contributed by atoms with Gasteiger partial charge in [0.2, 0.25) is 0 Å². The molecule has 0 aliphatic carbocycles. The van der Waals surface area contributed by atoms with Crippen LogP contribution in [0.2, 0.25) is 0 Å². The van der Waals surface area contributed by atoms with Gasteiger partial charge in [-0.25, -0.2) is 4.39 Å². The van der Waals surface area contributed by atoms with Gasteiger partial charge in [0.15, 0.2) is 11.6 Å². The van der Waals surface area contributed by atoms with Crippen molar-refractivity contribution in [3.05, 3.63) is 29.6 Å². The zero-order chi connectivity index (χ0) is 10.6. The molecule has 3 heteroatoms. The highest BCUT2D eigenvalue weighted by molar-refractivity contribution is 5.29. The molecule has 0 amide bonds. The van der Waals surface area contributed by atoms with Crippen LogP contribution in [0, 0.1) is 12.7 Å². The fourth-order valence-electron chi connectivity index (χ4n) is 1.03. The Balaban J connectivity index is 2.62. The van der Waals surface area contributed by atoms with E-state index in [0.29, 0.717) is 6.42 Å². The summed E-state index contributed by atoms with van der Waals surface area (Å²) in [5.41, 5.74) is 0.937. The molecule has 1 N–H and O–H groups in total. The van der Waals surface area contributed by atoms with Crippen LogP contribution in [0.3, 0.4) is 0 Å². The normalized spacial score (nSPS) is 12.6. The van der Waals surface area contributed by atoms with Crippen molar-refractivity contribution < 1.29 is 14.2 Å². The van der Waals surface area contributed by atoms with Crippen molar-refractivity contribution in [3.63, 3.8) is 0 Å². The predicted molar refractivity (Wildman–Crippen MR) is 52.9 cm³/mol. The summed E-state index contributed by atoms with van der Waals surface area (Å²) in [7, 11) is 0. The number of benzene rings is 1. The molecule has 0 bridgehead atoms. The Kier molecular flexibility index (Phi) is 3.89. The van der Waals surface area contributed by atoms with Crippen molar-refractivity contribution in [2.75, 3.05) is 6.61 Å². The van der Waals surface area contributed by atoms with Gasteiger partial charge in [-0.2, -0.15) is 0 Å². The van der Waals surface area contributed by atoms with E-state index in [0.717, 1.165) is 5.56 Å². The fraction of sp³-hybridized carbons (Fsp3) is 0.455. The van der Waals surface area contributed by atoms with Crippen LogP contribution >= 0.6 is 0 Å². The molecular weight excluding hydrogens is 183 g/mol. The van der Waals surface area contributed by atoms with Crippen molar-refractivity contribution in [1.29, 1.82) is 0 Å². The minimum absolute atomic E-state index is 0.136. The van der Waals surface area contributed by atoms with E-state index < -0.39 is 6.10 Å². The Morgan fingerprint density at radius 2 is 2.21 bits per heavy atom. The Morgan fingerprint density at radius 3 is 2.86 bits per heavy atom. The van der Waals surface area contributed by atoms with Gasteiger partial charge in [0.05, 0.1) is 6.10 Å². The lowest BCUT2D eigenvalue weighted by Crippen LogP contribution is -2.16. The van der Waals surface area contributed by atoms with E-state index in [1.807, 2.05) is 13.8 Å². The molecule has 1 aromatic carbocycles. The number of aliphatic hydroxyl groups is 1. The molecule has 14 heavy (non-hydrogen) atoms. The van der Waals surface area contributed by atoms with Crippen LogP contribution in [0.25, 0.3) is 0 Å². The van der Waals surface area contributed by atoms with Crippen molar-refractivity contribution in [2.24, 2.45) is 0 Å². The molecule has 1 rings (SSSR count). The van der Waals surface area contributed by atoms with E-state index >= 15 is 0 Å².